The number of H-pyrrole nitrogens is 1. The van der Waals surface area contributed by atoms with E-state index in [1.165, 1.54) is 43.7 Å². The van der Waals surface area contributed by atoms with Gasteiger partial charge in [-0.05, 0) is 31.0 Å². The van der Waals surface area contributed by atoms with Crippen LogP contribution in [0.4, 0.5) is 0 Å². The number of hydrogen-bond donors (Lipinski definition) is 9. The van der Waals surface area contributed by atoms with Gasteiger partial charge in [0.05, 0.1) is 12.4 Å². The summed E-state index contributed by atoms with van der Waals surface area (Å²) in [5, 5.41) is 36.0. The summed E-state index contributed by atoms with van der Waals surface area (Å²) in [5.41, 5.74) is 11.8. The van der Waals surface area contributed by atoms with Crippen molar-refractivity contribution in [3.05, 3.63) is 48.0 Å². The van der Waals surface area contributed by atoms with Crippen LogP contribution in [0.25, 0.3) is 0 Å². The first-order chi connectivity index (χ1) is 18.4. The van der Waals surface area contributed by atoms with Crippen molar-refractivity contribution in [1.29, 1.82) is 0 Å². The average Bonchev–Trinajstić information content (AvgIpc) is 3.39. The van der Waals surface area contributed by atoms with E-state index in [-0.39, 0.29) is 31.4 Å². The first-order valence-corrected chi connectivity index (χ1v) is 12.0. The van der Waals surface area contributed by atoms with Crippen LogP contribution < -0.4 is 27.4 Å². The van der Waals surface area contributed by atoms with E-state index in [4.69, 9.17) is 11.5 Å². The molecular formula is C24H33N7O8. The number of nitrogens with zero attached hydrogens (tertiary/aromatic N) is 1. The molecule has 0 aliphatic carbocycles. The highest BCUT2D eigenvalue weighted by Crippen LogP contribution is 2.12. The van der Waals surface area contributed by atoms with Crippen LogP contribution in [-0.2, 0) is 36.8 Å². The number of aromatic nitrogens is 2. The maximum atomic E-state index is 13.4. The van der Waals surface area contributed by atoms with Crippen LogP contribution in [0.2, 0.25) is 0 Å². The van der Waals surface area contributed by atoms with E-state index in [1.807, 2.05) is 0 Å². The molecule has 0 aliphatic heterocycles. The lowest BCUT2D eigenvalue weighted by molar-refractivity contribution is -0.142. The predicted molar refractivity (Wildman–Crippen MR) is 136 cm³/mol. The summed E-state index contributed by atoms with van der Waals surface area (Å²) in [5.74, 6) is -4.67. The summed E-state index contributed by atoms with van der Waals surface area (Å²) in [7, 11) is 0. The Morgan fingerprint density at radius 2 is 1.51 bits per heavy atom. The Hall–Kier alpha value is -4.50. The second-order valence-electron chi connectivity index (χ2n) is 8.94. The third-order valence-corrected chi connectivity index (χ3v) is 5.74. The molecule has 15 nitrogen and oxygen atoms in total. The van der Waals surface area contributed by atoms with Gasteiger partial charge in [-0.15, -0.1) is 0 Å². The standard InChI is InChI=1S/C24H33N7O8/c1-12(32)20(26)23(37)31-17(8-13-2-4-15(33)5-3-13)21(35)30-18(9-14-10-27-11-28-14)22(36)29-16(24(38)39)6-7-19(25)34/h2-5,10-12,16-18,20,32-33H,6-9,26H2,1H3,(H2,25,34)(H,27,28)(H,29,36)(H,30,35)(H,31,37)(H,38,39). The Balaban J connectivity index is 2.28. The highest BCUT2D eigenvalue weighted by molar-refractivity contribution is 5.94. The zero-order valence-electron chi connectivity index (χ0n) is 21.2. The van der Waals surface area contributed by atoms with Gasteiger partial charge in [-0.25, -0.2) is 9.78 Å². The fourth-order valence-electron chi connectivity index (χ4n) is 3.48. The van der Waals surface area contributed by atoms with Gasteiger partial charge >= 0.3 is 5.97 Å². The van der Waals surface area contributed by atoms with Crippen LogP contribution in [0, 0.1) is 0 Å². The summed E-state index contributed by atoms with van der Waals surface area (Å²) in [6, 6.07) is 0.448. The number of imidazole rings is 1. The van der Waals surface area contributed by atoms with Gasteiger partial charge in [-0.1, -0.05) is 12.1 Å². The predicted octanol–water partition coefficient (Wildman–Crippen LogP) is -2.59. The third-order valence-electron chi connectivity index (χ3n) is 5.74. The fourth-order valence-corrected chi connectivity index (χ4v) is 3.48. The zero-order chi connectivity index (χ0) is 29.1. The SMILES string of the molecule is CC(O)C(N)C(=O)NC(Cc1ccc(O)cc1)C(=O)NC(Cc1cnc[nH]1)C(=O)NC(CCC(N)=O)C(=O)O. The third kappa shape index (κ3) is 10.1. The topological polar surface area (TPSA) is 263 Å². The minimum absolute atomic E-state index is 0.0134. The van der Waals surface area contributed by atoms with Crippen molar-refractivity contribution in [1.82, 2.24) is 25.9 Å². The minimum atomic E-state index is -1.46. The molecule has 11 N–H and O–H groups in total. The molecule has 0 bridgehead atoms. The van der Waals surface area contributed by atoms with E-state index >= 15 is 0 Å². The van der Waals surface area contributed by atoms with E-state index < -0.39 is 59.9 Å². The van der Waals surface area contributed by atoms with Crippen molar-refractivity contribution in [2.24, 2.45) is 11.5 Å². The van der Waals surface area contributed by atoms with Gasteiger partial charge in [0.1, 0.15) is 29.9 Å². The molecule has 1 aromatic carbocycles. The maximum Gasteiger partial charge on any atom is 0.326 e. The van der Waals surface area contributed by atoms with E-state index in [2.05, 4.69) is 25.9 Å². The molecule has 1 heterocycles. The van der Waals surface area contributed by atoms with Crippen LogP contribution in [0.5, 0.6) is 5.75 Å². The number of aromatic amines is 1. The van der Waals surface area contributed by atoms with Gasteiger partial charge in [0.25, 0.3) is 0 Å². The normalized spacial score (nSPS) is 14.7. The van der Waals surface area contributed by atoms with Crippen molar-refractivity contribution in [2.75, 3.05) is 0 Å². The largest absolute Gasteiger partial charge is 0.508 e. The molecular weight excluding hydrogens is 514 g/mol. The van der Waals surface area contributed by atoms with Gasteiger partial charge in [0.15, 0.2) is 0 Å². The van der Waals surface area contributed by atoms with Gasteiger partial charge in [-0.3, -0.25) is 19.2 Å². The molecule has 39 heavy (non-hydrogen) atoms. The van der Waals surface area contributed by atoms with E-state index in [0.29, 0.717) is 11.3 Å². The Labute approximate surface area is 223 Å². The molecule has 0 radical (unpaired) electrons. The number of rotatable bonds is 15. The smallest absolute Gasteiger partial charge is 0.326 e. The molecule has 0 aliphatic rings. The Bertz CT molecular complexity index is 1140. The van der Waals surface area contributed by atoms with Gasteiger partial charge < -0.3 is 47.7 Å². The number of carbonyl (C=O) groups excluding carboxylic acids is 4. The number of phenolic OH excluding ortho intramolecular Hbond substituents is 1. The van der Waals surface area contributed by atoms with Gasteiger partial charge in [0, 0.05) is 31.2 Å². The van der Waals surface area contributed by atoms with Crippen molar-refractivity contribution in [3.63, 3.8) is 0 Å². The summed E-state index contributed by atoms with van der Waals surface area (Å²) < 4.78 is 0. The van der Waals surface area contributed by atoms with E-state index in [1.54, 1.807) is 0 Å². The highest BCUT2D eigenvalue weighted by atomic mass is 16.4. The molecule has 0 fully saturated rings. The molecule has 0 saturated carbocycles. The number of nitrogens with one attached hydrogen (secondary N) is 4. The number of hydrogen-bond acceptors (Lipinski definition) is 9. The minimum Gasteiger partial charge on any atom is -0.508 e. The first-order valence-electron chi connectivity index (χ1n) is 12.0. The number of benzene rings is 1. The molecule has 0 spiro atoms. The number of nitrogens with two attached hydrogens (primary N) is 2. The lowest BCUT2D eigenvalue weighted by Crippen LogP contribution is -2.59. The number of aromatic hydroxyl groups is 1. The molecule has 2 rings (SSSR count). The molecule has 212 valence electrons. The second kappa shape index (κ2) is 14.4. The number of aliphatic hydroxyl groups excluding tert-OH is 1. The summed E-state index contributed by atoms with van der Waals surface area (Å²) >= 11 is 0. The van der Waals surface area contributed by atoms with Crippen LogP contribution >= 0.6 is 0 Å². The number of carbonyl (C=O) groups is 5. The summed E-state index contributed by atoms with van der Waals surface area (Å²) in [6.07, 6.45) is 0.799. The van der Waals surface area contributed by atoms with Gasteiger partial charge in [-0.2, -0.15) is 0 Å². The molecule has 15 heteroatoms. The number of phenols is 1. The Morgan fingerprint density at radius 3 is 2.03 bits per heavy atom. The quantitative estimate of drug-likeness (QED) is 0.112. The molecule has 0 saturated heterocycles. The maximum absolute atomic E-state index is 13.4. The number of carboxylic acid groups (broad SMARTS) is 1. The van der Waals surface area contributed by atoms with Crippen LogP contribution in [0.15, 0.2) is 36.8 Å². The molecule has 5 unspecified atom stereocenters. The Kier molecular flexibility index (Phi) is 11.4. The van der Waals surface area contributed by atoms with Crippen molar-refractivity contribution >= 4 is 29.6 Å². The number of aliphatic carboxylic acids is 1. The van der Waals surface area contributed by atoms with E-state index in [9.17, 15) is 39.3 Å². The van der Waals surface area contributed by atoms with Gasteiger partial charge in [0.2, 0.25) is 23.6 Å². The highest BCUT2D eigenvalue weighted by Gasteiger charge is 2.31. The first kappa shape index (κ1) is 30.7. The van der Waals surface area contributed by atoms with E-state index in [0.717, 1.165) is 0 Å². The zero-order valence-corrected chi connectivity index (χ0v) is 21.2. The number of carboxylic acids is 1. The summed E-state index contributed by atoms with van der Waals surface area (Å²) in [6.45, 7) is 1.31. The monoisotopic (exact) mass is 547 g/mol. The summed E-state index contributed by atoms with van der Waals surface area (Å²) in [4.78, 5) is 68.4. The second-order valence-corrected chi connectivity index (χ2v) is 8.94. The fraction of sp³-hybridized carbons (Fsp3) is 0.417. The number of amides is 4. The molecule has 1 aromatic heterocycles. The Morgan fingerprint density at radius 1 is 0.949 bits per heavy atom. The molecule has 4 amide bonds. The van der Waals surface area contributed by atoms with Crippen LogP contribution in [0.1, 0.15) is 31.0 Å². The average molecular weight is 548 g/mol. The van der Waals surface area contributed by atoms with Crippen molar-refractivity contribution in [2.45, 2.75) is 62.9 Å². The number of primary amides is 1. The lowest BCUT2D eigenvalue weighted by Gasteiger charge is -2.25. The molecule has 5 atom stereocenters. The van der Waals surface area contributed by atoms with Crippen LogP contribution in [0.3, 0.4) is 0 Å². The lowest BCUT2D eigenvalue weighted by atomic mass is 10.0. The van der Waals surface area contributed by atoms with Crippen molar-refractivity contribution in [3.8, 4) is 5.75 Å². The van der Waals surface area contributed by atoms with Crippen LogP contribution in [-0.4, -0.2) is 85.2 Å². The molecule has 2 aromatic rings. The van der Waals surface area contributed by atoms with Crippen molar-refractivity contribution < 1.29 is 39.3 Å². The number of aliphatic hydroxyl groups is 1.